The Morgan fingerprint density at radius 2 is 1.90 bits per heavy atom. The Kier molecular flexibility index (Phi) is 5.84. The van der Waals surface area contributed by atoms with Gasteiger partial charge in [-0.2, -0.15) is 0 Å². The third kappa shape index (κ3) is 4.38. The fourth-order valence-electron chi connectivity index (χ4n) is 3.65. The Morgan fingerprint density at radius 3 is 2.73 bits per heavy atom. The molecule has 0 saturated heterocycles. The lowest BCUT2D eigenvalue weighted by molar-refractivity contribution is -0.120. The average Bonchev–Trinajstić information content (AvgIpc) is 3.10. The number of rotatable bonds is 7. The van der Waals surface area contributed by atoms with E-state index in [0.717, 1.165) is 34.4 Å². The van der Waals surface area contributed by atoms with Crippen molar-refractivity contribution in [1.29, 1.82) is 0 Å². The second kappa shape index (κ2) is 8.86. The van der Waals surface area contributed by atoms with Gasteiger partial charge >= 0.3 is 0 Å². The van der Waals surface area contributed by atoms with Crippen molar-refractivity contribution in [3.63, 3.8) is 0 Å². The second-order valence-corrected chi connectivity index (χ2v) is 7.24. The number of nitrogens with one attached hydrogen (secondary N) is 1. The first-order chi connectivity index (χ1) is 14.6. The van der Waals surface area contributed by atoms with Crippen molar-refractivity contribution in [2.45, 2.75) is 26.3 Å². The smallest absolute Gasteiger partial charge is 0.224 e. The summed E-state index contributed by atoms with van der Waals surface area (Å²) >= 11 is 0. The molecule has 1 N–H and O–H groups in total. The highest BCUT2D eigenvalue weighted by Gasteiger charge is 2.13. The number of aryl methyl sites for hydroxylation is 2. The van der Waals surface area contributed by atoms with Crippen LogP contribution in [0.15, 0.2) is 67.0 Å². The van der Waals surface area contributed by atoms with Gasteiger partial charge < -0.3 is 9.88 Å². The topological polar surface area (TPSA) is 59.8 Å². The summed E-state index contributed by atoms with van der Waals surface area (Å²) in [6, 6.07) is 16.2. The molecular formula is C24H23FN4O. The van der Waals surface area contributed by atoms with Crippen LogP contribution in [-0.4, -0.2) is 27.0 Å². The number of carbonyl (C=O) groups is 1. The van der Waals surface area contributed by atoms with Gasteiger partial charge in [0.1, 0.15) is 11.5 Å². The normalized spacial score (nSPS) is 11.0. The van der Waals surface area contributed by atoms with Gasteiger partial charge in [-0.05, 0) is 61.4 Å². The summed E-state index contributed by atoms with van der Waals surface area (Å²) in [5.41, 5.74) is 4.69. The maximum absolute atomic E-state index is 13.3. The van der Waals surface area contributed by atoms with Crippen LogP contribution in [0.4, 0.5) is 4.39 Å². The summed E-state index contributed by atoms with van der Waals surface area (Å²) in [5.74, 6) is -0.440. The molecule has 0 spiro atoms. The van der Waals surface area contributed by atoms with E-state index < -0.39 is 0 Å². The molecule has 0 aliphatic heterocycles. The molecule has 5 nitrogen and oxygen atoms in total. The molecule has 30 heavy (non-hydrogen) atoms. The highest BCUT2D eigenvalue weighted by molar-refractivity contribution is 5.84. The van der Waals surface area contributed by atoms with Gasteiger partial charge in [0.2, 0.25) is 5.91 Å². The Labute approximate surface area is 174 Å². The third-order valence-electron chi connectivity index (χ3n) is 5.07. The number of nitrogens with zero attached hydrogens (tertiary/aromatic N) is 3. The van der Waals surface area contributed by atoms with Gasteiger partial charge in [0.25, 0.3) is 0 Å². The van der Waals surface area contributed by atoms with Crippen LogP contribution in [0.1, 0.15) is 17.7 Å². The number of halogens is 1. The summed E-state index contributed by atoms with van der Waals surface area (Å²) in [6.45, 7) is 3.24. The van der Waals surface area contributed by atoms with E-state index >= 15 is 0 Å². The molecule has 6 heteroatoms. The Morgan fingerprint density at radius 1 is 1.07 bits per heavy atom. The van der Waals surface area contributed by atoms with E-state index in [4.69, 9.17) is 0 Å². The number of amides is 1. The molecule has 0 unspecified atom stereocenters. The average molecular weight is 402 g/mol. The molecule has 0 aliphatic carbocycles. The molecule has 1 amide bonds. The number of hydrogen-bond acceptors (Lipinski definition) is 3. The monoisotopic (exact) mass is 402 g/mol. The standard InChI is InChI=1S/C24H23FN4O/c1-17-21(9-4-10-26-17)22-16-19-7-3-11-28-24(19)29(22)13-5-12-27-23(30)15-18-6-2-8-20(25)14-18/h2-4,6-11,14,16H,5,12-13,15H2,1H3,(H,27,30). The molecule has 3 aromatic heterocycles. The lowest BCUT2D eigenvalue weighted by Crippen LogP contribution is -2.26. The largest absolute Gasteiger partial charge is 0.356 e. The SMILES string of the molecule is Cc1ncccc1-c1cc2cccnc2n1CCCNC(=O)Cc1cccc(F)c1. The van der Waals surface area contributed by atoms with Gasteiger partial charge in [0.05, 0.1) is 12.1 Å². The molecule has 0 aliphatic rings. The first kappa shape index (κ1) is 19.8. The molecule has 0 atom stereocenters. The fraction of sp³-hybridized carbons (Fsp3) is 0.208. The van der Waals surface area contributed by atoms with Gasteiger partial charge in [0.15, 0.2) is 0 Å². The molecule has 0 bridgehead atoms. The maximum atomic E-state index is 13.3. The lowest BCUT2D eigenvalue weighted by atomic mass is 10.1. The zero-order chi connectivity index (χ0) is 20.9. The van der Waals surface area contributed by atoms with Gasteiger partial charge in [-0.3, -0.25) is 9.78 Å². The lowest BCUT2D eigenvalue weighted by Gasteiger charge is -2.12. The molecule has 1 aromatic carbocycles. The zero-order valence-corrected chi connectivity index (χ0v) is 16.8. The Bertz CT molecular complexity index is 1180. The summed E-state index contributed by atoms with van der Waals surface area (Å²) in [6.07, 6.45) is 4.51. The van der Waals surface area contributed by atoms with E-state index in [-0.39, 0.29) is 18.1 Å². The highest BCUT2D eigenvalue weighted by atomic mass is 19.1. The molecule has 0 radical (unpaired) electrons. The quantitative estimate of drug-likeness (QED) is 0.469. The summed E-state index contributed by atoms with van der Waals surface area (Å²) < 4.78 is 15.4. The number of fused-ring (bicyclic) bond motifs is 1. The zero-order valence-electron chi connectivity index (χ0n) is 16.8. The van der Waals surface area contributed by atoms with Crippen molar-refractivity contribution in [2.75, 3.05) is 6.54 Å². The van der Waals surface area contributed by atoms with Crippen molar-refractivity contribution in [3.05, 3.63) is 84.1 Å². The Balaban J connectivity index is 1.44. The van der Waals surface area contributed by atoms with Crippen LogP contribution in [0, 0.1) is 12.7 Å². The molecule has 4 rings (SSSR count). The number of pyridine rings is 2. The fourth-order valence-corrected chi connectivity index (χ4v) is 3.65. The number of benzene rings is 1. The van der Waals surface area contributed by atoms with Gasteiger partial charge in [0, 0.05) is 42.1 Å². The van der Waals surface area contributed by atoms with Gasteiger partial charge in [-0.15, -0.1) is 0 Å². The van der Waals surface area contributed by atoms with E-state index in [0.29, 0.717) is 18.7 Å². The maximum Gasteiger partial charge on any atom is 0.224 e. The minimum atomic E-state index is -0.328. The molecule has 0 fully saturated rings. The van der Waals surface area contributed by atoms with E-state index in [1.807, 2.05) is 19.1 Å². The predicted molar refractivity (Wildman–Crippen MR) is 115 cm³/mol. The van der Waals surface area contributed by atoms with Gasteiger partial charge in [-0.1, -0.05) is 12.1 Å². The van der Waals surface area contributed by atoms with Crippen molar-refractivity contribution < 1.29 is 9.18 Å². The van der Waals surface area contributed by atoms with Gasteiger partial charge in [-0.25, -0.2) is 9.37 Å². The second-order valence-electron chi connectivity index (χ2n) is 7.24. The van der Waals surface area contributed by atoms with Crippen molar-refractivity contribution in [1.82, 2.24) is 19.9 Å². The number of carbonyl (C=O) groups excluding carboxylic acids is 1. The van der Waals surface area contributed by atoms with E-state index in [1.165, 1.54) is 12.1 Å². The summed E-state index contributed by atoms with van der Waals surface area (Å²) in [4.78, 5) is 21.1. The first-order valence-electron chi connectivity index (χ1n) is 9.99. The highest BCUT2D eigenvalue weighted by Crippen LogP contribution is 2.28. The van der Waals surface area contributed by atoms with Crippen LogP contribution in [-0.2, 0) is 17.8 Å². The van der Waals surface area contributed by atoms with E-state index in [2.05, 4.69) is 38.1 Å². The molecule has 152 valence electrons. The molecule has 4 aromatic rings. The molecular weight excluding hydrogens is 379 g/mol. The van der Waals surface area contributed by atoms with Crippen molar-refractivity contribution in [3.8, 4) is 11.3 Å². The summed E-state index contributed by atoms with van der Waals surface area (Å²) in [7, 11) is 0. The van der Waals surface area contributed by atoms with Crippen molar-refractivity contribution in [2.24, 2.45) is 0 Å². The minimum Gasteiger partial charge on any atom is -0.356 e. The number of hydrogen-bond donors (Lipinski definition) is 1. The van der Waals surface area contributed by atoms with Crippen LogP contribution in [0.3, 0.4) is 0 Å². The van der Waals surface area contributed by atoms with Crippen LogP contribution in [0.2, 0.25) is 0 Å². The predicted octanol–water partition coefficient (Wildman–Crippen LogP) is 4.29. The van der Waals surface area contributed by atoms with E-state index in [1.54, 1.807) is 24.5 Å². The van der Waals surface area contributed by atoms with Crippen LogP contribution in [0.5, 0.6) is 0 Å². The molecule has 0 saturated carbocycles. The van der Waals surface area contributed by atoms with E-state index in [9.17, 15) is 9.18 Å². The van der Waals surface area contributed by atoms with Crippen LogP contribution in [0.25, 0.3) is 22.3 Å². The Hall–Kier alpha value is -3.54. The summed E-state index contributed by atoms with van der Waals surface area (Å²) in [5, 5.41) is 4.00. The minimum absolute atomic E-state index is 0.112. The molecule has 3 heterocycles. The first-order valence-corrected chi connectivity index (χ1v) is 9.99. The van der Waals surface area contributed by atoms with Crippen LogP contribution >= 0.6 is 0 Å². The van der Waals surface area contributed by atoms with Crippen molar-refractivity contribution >= 4 is 16.9 Å². The van der Waals surface area contributed by atoms with Crippen LogP contribution < -0.4 is 5.32 Å². The third-order valence-corrected chi connectivity index (χ3v) is 5.07. The number of aromatic nitrogens is 3.